The van der Waals surface area contributed by atoms with Gasteiger partial charge in [0, 0.05) is 43.8 Å². The van der Waals surface area contributed by atoms with E-state index in [2.05, 4.69) is 29.1 Å². The van der Waals surface area contributed by atoms with E-state index in [1.165, 1.54) is 17.9 Å². The molecule has 1 fully saturated rings. The van der Waals surface area contributed by atoms with Crippen LogP contribution in [-0.4, -0.2) is 45.5 Å². The van der Waals surface area contributed by atoms with Crippen LogP contribution in [0, 0.1) is 6.92 Å². The highest BCUT2D eigenvalue weighted by Crippen LogP contribution is 2.21. The molecular weight excluding hydrogens is 284 g/mol. The number of aromatic nitrogens is 4. The average Bonchev–Trinajstić information content (AvgIpc) is 2.86. The van der Waals surface area contributed by atoms with E-state index in [0.717, 1.165) is 43.0 Å². The summed E-state index contributed by atoms with van der Waals surface area (Å²) in [7, 11) is 0. The molecule has 3 heterocycles. The van der Waals surface area contributed by atoms with Crippen molar-refractivity contribution < 1.29 is 0 Å². The largest absolute Gasteiger partial charge is 0.353 e. The normalized spacial score (nSPS) is 15.9. The van der Waals surface area contributed by atoms with Crippen molar-refractivity contribution in [2.75, 3.05) is 36.0 Å². The van der Waals surface area contributed by atoms with E-state index >= 15 is 0 Å². The monoisotopic (exact) mass is 296 g/mol. The van der Waals surface area contributed by atoms with Gasteiger partial charge in [-0.1, -0.05) is 11.6 Å². The molecule has 0 spiro atoms. The van der Waals surface area contributed by atoms with Crippen LogP contribution in [0.15, 0.2) is 12.4 Å². The molecule has 19 heavy (non-hydrogen) atoms. The first-order valence-corrected chi connectivity index (χ1v) is 7.15. The Morgan fingerprint density at radius 2 is 1.89 bits per heavy atom. The van der Waals surface area contributed by atoms with Crippen molar-refractivity contribution in [1.29, 1.82) is 0 Å². The minimum Gasteiger partial charge on any atom is -0.353 e. The first-order chi connectivity index (χ1) is 9.22. The Balaban J connectivity index is 1.66. The third-order valence-electron chi connectivity index (χ3n) is 3.01. The first-order valence-electron chi connectivity index (χ1n) is 6.00. The van der Waals surface area contributed by atoms with Crippen molar-refractivity contribution in [1.82, 2.24) is 19.3 Å². The van der Waals surface area contributed by atoms with Gasteiger partial charge in [0.25, 0.3) is 0 Å². The van der Waals surface area contributed by atoms with Gasteiger partial charge in [0.05, 0.1) is 0 Å². The Morgan fingerprint density at radius 3 is 2.53 bits per heavy atom. The highest BCUT2D eigenvalue weighted by molar-refractivity contribution is 7.09. The second-order valence-corrected chi connectivity index (χ2v) is 5.41. The molecule has 0 aromatic carbocycles. The van der Waals surface area contributed by atoms with E-state index in [0.29, 0.717) is 5.15 Å². The van der Waals surface area contributed by atoms with E-state index in [-0.39, 0.29) is 0 Å². The lowest BCUT2D eigenvalue weighted by molar-refractivity contribution is 0.645. The zero-order valence-corrected chi connectivity index (χ0v) is 12.0. The second-order valence-electron chi connectivity index (χ2n) is 4.30. The molecule has 0 aliphatic carbocycles. The minimum absolute atomic E-state index is 0.479. The number of anilines is 2. The van der Waals surface area contributed by atoms with Crippen LogP contribution in [0.5, 0.6) is 0 Å². The highest BCUT2D eigenvalue weighted by atomic mass is 35.5. The number of rotatable bonds is 2. The molecule has 0 bridgehead atoms. The fraction of sp³-hybridized carbons (Fsp3) is 0.455. The smallest absolute Gasteiger partial charge is 0.205 e. The number of halogens is 1. The molecule has 0 radical (unpaired) electrons. The summed E-state index contributed by atoms with van der Waals surface area (Å²) in [6.07, 6.45) is 1.50. The van der Waals surface area contributed by atoms with Crippen molar-refractivity contribution in [3.05, 3.63) is 23.4 Å². The van der Waals surface area contributed by atoms with Crippen LogP contribution in [0.3, 0.4) is 0 Å². The summed E-state index contributed by atoms with van der Waals surface area (Å²) in [6, 6.07) is 1.80. The fourth-order valence-electron chi connectivity index (χ4n) is 2.04. The molecule has 0 unspecified atom stereocenters. The molecule has 0 amide bonds. The average molecular weight is 297 g/mol. The van der Waals surface area contributed by atoms with Gasteiger partial charge < -0.3 is 9.80 Å². The standard InChI is InChI=1S/C11H13ClN6S/c1-8-15-11(19-16-8)18-4-2-17(3-5-18)10-6-9(12)13-7-14-10/h6-7H,2-5H2,1H3. The summed E-state index contributed by atoms with van der Waals surface area (Å²) < 4.78 is 4.22. The van der Waals surface area contributed by atoms with Crippen LogP contribution >= 0.6 is 23.1 Å². The van der Waals surface area contributed by atoms with Gasteiger partial charge in [-0.3, -0.25) is 0 Å². The molecule has 1 aliphatic heterocycles. The molecule has 2 aromatic heterocycles. The maximum atomic E-state index is 5.89. The molecule has 0 saturated carbocycles. The maximum Gasteiger partial charge on any atom is 0.205 e. The van der Waals surface area contributed by atoms with E-state index < -0.39 is 0 Å². The van der Waals surface area contributed by atoms with Gasteiger partial charge in [-0.05, 0) is 6.92 Å². The van der Waals surface area contributed by atoms with Crippen LogP contribution < -0.4 is 9.80 Å². The van der Waals surface area contributed by atoms with Crippen molar-refractivity contribution in [2.24, 2.45) is 0 Å². The molecule has 8 heteroatoms. The quantitative estimate of drug-likeness (QED) is 0.785. The number of piperazine rings is 1. The second kappa shape index (κ2) is 5.26. The summed E-state index contributed by atoms with van der Waals surface area (Å²) in [5.41, 5.74) is 0. The van der Waals surface area contributed by atoms with E-state index in [1.54, 1.807) is 6.07 Å². The van der Waals surface area contributed by atoms with Crippen LogP contribution in [0.4, 0.5) is 10.9 Å². The van der Waals surface area contributed by atoms with Gasteiger partial charge >= 0.3 is 0 Å². The molecule has 100 valence electrons. The predicted molar refractivity (Wildman–Crippen MR) is 76.1 cm³/mol. The van der Waals surface area contributed by atoms with Crippen molar-refractivity contribution >= 4 is 34.1 Å². The number of aryl methyl sites for hydroxylation is 1. The highest BCUT2D eigenvalue weighted by Gasteiger charge is 2.20. The van der Waals surface area contributed by atoms with Crippen LogP contribution in [0.25, 0.3) is 0 Å². The van der Waals surface area contributed by atoms with Crippen LogP contribution in [-0.2, 0) is 0 Å². The summed E-state index contributed by atoms with van der Waals surface area (Å²) in [5.74, 6) is 1.72. The Kier molecular flexibility index (Phi) is 3.48. The molecule has 0 N–H and O–H groups in total. The lowest BCUT2D eigenvalue weighted by Gasteiger charge is -2.34. The Hall–Kier alpha value is -1.47. The van der Waals surface area contributed by atoms with Gasteiger partial charge in [0.2, 0.25) is 5.13 Å². The molecule has 3 rings (SSSR count). The van der Waals surface area contributed by atoms with E-state index in [9.17, 15) is 0 Å². The summed E-state index contributed by atoms with van der Waals surface area (Å²) >= 11 is 7.34. The van der Waals surface area contributed by atoms with Gasteiger partial charge in [0.15, 0.2) is 0 Å². The predicted octanol–water partition coefficient (Wildman–Crippen LogP) is 1.62. The minimum atomic E-state index is 0.479. The lowest BCUT2D eigenvalue weighted by Crippen LogP contribution is -2.46. The fourth-order valence-corrected chi connectivity index (χ4v) is 2.91. The van der Waals surface area contributed by atoms with Crippen LogP contribution in [0.1, 0.15) is 5.82 Å². The number of hydrogen-bond acceptors (Lipinski definition) is 7. The van der Waals surface area contributed by atoms with Crippen molar-refractivity contribution in [2.45, 2.75) is 6.92 Å². The van der Waals surface area contributed by atoms with E-state index in [4.69, 9.17) is 11.6 Å². The molecule has 6 nitrogen and oxygen atoms in total. The number of nitrogens with zero attached hydrogens (tertiary/aromatic N) is 6. The summed E-state index contributed by atoms with van der Waals surface area (Å²) in [4.78, 5) is 17.0. The molecule has 0 atom stereocenters. The lowest BCUT2D eigenvalue weighted by atomic mass is 10.3. The number of hydrogen-bond donors (Lipinski definition) is 0. The Bertz CT molecular complexity index is 566. The third kappa shape index (κ3) is 2.76. The zero-order chi connectivity index (χ0) is 13.2. The van der Waals surface area contributed by atoms with E-state index in [1.807, 2.05) is 6.92 Å². The molecule has 1 aliphatic rings. The van der Waals surface area contributed by atoms with Crippen LogP contribution in [0.2, 0.25) is 5.15 Å². The zero-order valence-electron chi connectivity index (χ0n) is 10.5. The Labute approximate surface area is 120 Å². The van der Waals surface area contributed by atoms with Crippen molar-refractivity contribution in [3.8, 4) is 0 Å². The topological polar surface area (TPSA) is 58.0 Å². The third-order valence-corrected chi connectivity index (χ3v) is 4.09. The van der Waals surface area contributed by atoms with Gasteiger partial charge in [-0.25, -0.2) is 15.0 Å². The SMILES string of the molecule is Cc1nsc(N2CCN(c3cc(Cl)ncn3)CC2)n1. The van der Waals surface area contributed by atoms with Gasteiger partial charge in [-0.15, -0.1) is 0 Å². The maximum absolute atomic E-state index is 5.89. The molecular formula is C11H13ClN6S. The van der Waals surface area contributed by atoms with Gasteiger partial charge in [0.1, 0.15) is 23.1 Å². The Morgan fingerprint density at radius 1 is 1.16 bits per heavy atom. The first kappa shape index (κ1) is 12.6. The van der Waals surface area contributed by atoms with Gasteiger partial charge in [-0.2, -0.15) is 4.37 Å². The molecule has 1 saturated heterocycles. The summed E-state index contributed by atoms with van der Waals surface area (Å²) in [6.45, 7) is 5.53. The summed E-state index contributed by atoms with van der Waals surface area (Å²) in [5, 5.41) is 1.48. The molecule has 2 aromatic rings. The van der Waals surface area contributed by atoms with Crippen molar-refractivity contribution in [3.63, 3.8) is 0 Å².